The Bertz CT molecular complexity index is 733. The summed E-state index contributed by atoms with van der Waals surface area (Å²) < 4.78 is 0. The van der Waals surface area contributed by atoms with Gasteiger partial charge in [-0.15, -0.1) is 0 Å². The van der Waals surface area contributed by atoms with E-state index in [0.717, 1.165) is 31.7 Å². The number of hydrogen-bond donors (Lipinski definition) is 0. The normalized spacial score (nSPS) is 15.2. The van der Waals surface area contributed by atoms with Crippen LogP contribution < -0.4 is 4.90 Å². The van der Waals surface area contributed by atoms with Crippen LogP contribution in [-0.2, 0) is 16.6 Å². The second kappa shape index (κ2) is 7.53. The predicted octanol–water partition coefficient (Wildman–Crippen LogP) is 4.18. The number of carbonyl (C=O) groups excluding carboxylic acids is 1. The molecule has 0 aliphatic carbocycles. The van der Waals surface area contributed by atoms with Gasteiger partial charge in [0.1, 0.15) is 0 Å². The van der Waals surface area contributed by atoms with E-state index in [0.29, 0.717) is 6.42 Å². The average molecular weight is 351 g/mol. The van der Waals surface area contributed by atoms with Crippen molar-refractivity contribution in [3.05, 3.63) is 65.2 Å². The summed E-state index contributed by atoms with van der Waals surface area (Å²) in [5, 5.41) is 0. The summed E-state index contributed by atoms with van der Waals surface area (Å²) in [7, 11) is 0. The van der Waals surface area contributed by atoms with E-state index < -0.39 is 0 Å². The van der Waals surface area contributed by atoms with Gasteiger partial charge in [-0.2, -0.15) is 0 Å². The highest BCUT2D eigenvalue weighted by Crippen LogP contribution is 2.25. The Hall–Kier alpha value is -2.29. The zero-order valence-corrected chi connectivity index (χ0v) is 16.5. The van der Waals surface area contributed by atoms with Gasteiger partial charge in [0.15, 0.2) is 0 Å². The van der Waals surface area contributed by atoms with Gasteiger partial charge in [-0.1, -0.05) is 62.7 Å². The summed E-state index contributed by atoms with van der Waals surface area (Å²) >= 11 is 0. The molecule has 0 unspecified atom stereocenters. The lowest BCUT2D eigenvalue weighted by molar-refractivity contribution is -0.130. The molecule has 0 aromatic heterocycles. The molecule has 2 aromatic rings. The summed E-state index contributed by atoms with van der Waals surface area (Å²) in [6, 6.07) is 17.1. The van der Waals surface area contributed by atoms with Crippen molar-refractivity contribution in [2.75, 3.05) is 31.1 Å². The van der Waals surface area contributed by atoms with Gasteiger partial charge in [-0.25, -0.2) is 0 Å². The Morgan fingerprint density at radius 3 is 2.00 bits per heavy atom. The SMILES string of the molecule is Cc1ccc(CC(=O)N2CCN(c3ccc(C(C)(C)C)cc3)CC2)cc1. The zero-order chi connectivity index (χ0) is 18.7. The number of rotatable bonds is 3. The van der Waals surface area contributed by atoms with Gasteiger partial charge >= 0.3 is 0 Å². The molecule has 0 radical (unpaired) electrons. The fourth-order valence-corrected chi connectivity index (χ4v) is 3.38. The number of carbonyl (C=O) groups is 1. The quantitative estimate of drug-likeness (QED) is 0.829. The molecule has 1 saturated heterocycles. The second-order valence-corrected chi connectivity index (χ2v) is 8.33. The third-order valence-corrected chi connectivity index (χ3v) is 5.21. The predicted molar refractivity (Wildman–Crippen MR) is 109 cm³/mol. The van der Waals surface area contributed by atoms with E-state index in [2.05, 4.69) is 81.1 Å². The summed E-state index contributed by atoms with van der Waals surface area (Å²) in [5.74, 6) is 0.233. The molecule has 0 N–H and O–H groups in total. The molecule has 0 atom stereocenters. The van der Waals surface area contributed by atoms with Crippen LogP contribution in [0.15, 0.2) is 48.5 Å². The Morgan fingerprint density at radius 1 is 0.885 bits per heavy atom. The van der Waals surface area contributed by atoms with Gasteiger partial charge in [0.2, 0.25) is 5.91 Å². The number of hydrogen-bond acceptors (Lipinski definition) is 2. The van der Waals surface area contributed by atoms with Crippen LogP contribution >= 0.6 is 0 Å². The van der Waals surface area contributed by atoms with Gasteiger partial charge in [-0.05, 0) is 35.6 Å². The van der Waals surface area contributed by atoms with Crippen molar-refractivity contribution >= 4 is 11.6 Å². The summed E-state index contributed by atoms with van der Waals surface area (Å²) in [5.41, 5.74) is 5.12. The van der Waals surface area contributed by atoms with E-state index in [-0.39, 0.29) is 11.3 Å². The van der Waals surface area contributed by atoms with Gasteiger partial charge in [0, 0.05) is 31.9 Å². The van der Waals surface area contributed by atoms with Crippen LogP contribution in [0.1, 0.15) is 37.5 Å². The van der Waals surface area contributed by atoms with Crippen molar-refractivity contribution in [1.82, 2.24) is 4.90 Å². The summed E-state index contributed by atoms with van der Waals surface area (Å²) in [6.45, 7) is 12.2. The van der Waals surface area contributed by atoms with Gasteiger partial charge in [0.05, 0.1) is 6.42 Å². The average Bonchev–Trinajstić information content (AvgIpc) is 2.63. The van der Waals surface area contributed by atoms with E-state index in [1.807, 2.05) is 4.90 Å². The van der Waals surface area contributed by atoms with Crippen LogP contribution in [0, 0.1) is 6.92 Å². The molecule has 1 aliphatic heterocycles. The lowest BCUT2D eigenvalue weighted by Crippen LogP contribution is -2.49. The van der Waals surface area contributed by atoms with Crippen LogP contribution in [0.2, 0.25) is 0 Å². The molecule has 1 aliphatic rings. The van der Waals surface area contributed by atoms with Crippen LogP contribution in [0.5, 0.6) is 0 Å². The third-order valence-electron chi connectivity index (χ3n) is 5.21. The molecule has 3 rings (SSSR count). The fourth-order valence-electron chi connectivity index (χ4n) is 3.38. The van der Waals surface area contributed by atoms with E-state index in [1.54, 1.807) is 0 Å². The molecule has 26 heavy (non-hydrogen) atoms. The number of piperazine rings is 1. The molecular weight excluding hydrogens is 320 g/mol. The highest BCUT2D eigenvalue weighted by atomic mass is 16.2. The highest BCUT2D eigenvalue weighted by molar-refractivity contribution is 5.79. The Morgan fingerprint density at radius 2 is 1.46 bits per heavy atom. The molecule has 1 fully saturated rings. The number of nitrogens with zero attached hydrogens (tertiary/aromatic N) is 2. The zero-order valence-electron chi connectivity index (χ0n) is 16.5. The van der Waals surface area contributed by atoms with Crippen LogP contribution in [-0.4, -0.2) is 37.0 Å². The maximum absolute atomic E-state index is 12.6. The highest BCUT2D eigenvalue weighted by Gasteiger charge is 2.22. The van der Waals surface area contributed by atoms with Gasteiger partial charge in [-0.3, -0.25) is 4.79 Å². The minimum atomic E-state index is 0.180. The Balaban J connectivity index is 1.55. The molecule has 0 bridgehead atoms. The number of anilines is 1. The fraction of sp³-hybridized carbons (Fsp3) is 0.435. The maximum Gasteiger partial charge on any atom is 0.227 e. The minimum absolute atomic E-state index is 0.180. The molecular formula is C23H30N2O. The topological polar surface area (TPSA) is 23.6 Å². The molecule has 0 spiro atoms. The summed E-state index contributed by atoms with van der Waals surface area (Å²) in [4.78, 5) is 16.9. The molecule has 0 saturated carbocycles. The van der Waals surface area contributed by atoms with Gasteiger partial charge < -0.3 is 9.80 Å². The Kier molecular flexibility index (Phi) is 5.36. The molecule has 2 aromatic carbocycles. The summed E-state index contributed by atoms with van der Waals surface area (Å²) in [6.07, 6.45) is 0.501. The number of benzene rings is 2. The van der Waals surface area contributed by atoms with E-state index >= 15 is 0 Å². The molecule has 3 heteroatoms. The first-order valence-electron chi connectivity index (χ1n) is 9.52. The maximum atomic E-state index is 12.6. The monoisotopic (exact) mass is 350 g/mol. The standard InChI is InChI=1S/C23H30N2O/c1-18-5-7-19(8-6-18)17-22(26)25-15-13-24(14-16-25)21-11-9-20(10-12-21)23(2,3)4/h5-12H,13-17H2,1-4H3. The first kappa shape index (κ1) is 18.5. The molecule has 1 amide bonds. The number of amides is 1. The lowest BCUT2D eigenvalue weighted by Gasteiger charge is -2.36. The van der Waals surface area contributed by atoms with Crippen LogP contribution in [0.25, 0.3) is 0 Å². The molecule has 138 valence electrons. The van der Waals surface area contributed by atoms with Crippen molar-refractivity contribution < 1.29 is 4.79 Å². The molecule has 3 nitrogen and oxygen atoms in total. The van der Waals surface area contributed by atoms with Crippen LogP contribution in [0.4, 0.5) is 5.69 Å². The van der Waals surface area contributed by atoms with Crippen LogP contribution in [0.3, 0.4) is 0 Å². The van der Waals surface area contributed by atoms with E-state index in [4.69, 9.17) is 0 Å². The van der Waals surface area contributed by atoms with Gasteiger partial charge in [0.25, 0.3) is 0 Å². The first-order valence-corrected chi connectivity index (χ1v) is 9.52. The van der Waals surface area contributed by atoms with Crippen molar-refractivity contribution in [2.45, 2.75) is 39.5 Å². The van der Waals surface area contributed by atoms with E-state index in [1.165, 1.54) is 16.8 Å². The van der Waals surface area contributed by atoms with Crippen molar-refractivity contribution in [3.8, 4) is 0 Å². The third kappa shape index (κ3) is 4.46. The minimum Gasteiger partial charge on any atom is -0.368 e. The molecule has 1 heterocycles. The smallest absolute Gasteiger partial charge is 0.227 e. The largest absolute Gasteiger partial charge is 0.368 e. The van der Waals surface area contributed by atoms with Crippen molar-refractivity contribution in [3.63, 3.8) is 0 Å². The number of aryl methyl sites for hydroxylation is 1. The van der Waals surface area contributed by atoms with E-state index in [9.17, 15) is 4.79 Å². The van der Waals surface area contributed by atoms with Crippen molar-refractivity contribution in [1.29, 1.82) is 0 Å². The Labute approximate surface area is 157 Å². The lowest BCUT2D eigenvalue weighted by atomic mass is 9.87. The first-order chi connectivity index (χ1) is 12.3. The second-order valence-electron chi connectivity index (χ2n) is 8.33. The van der Waals surface area contributed by atoms with Crippen molar-refractivity contribution in [2.24, 2.45) is 0 Å².